The van der Waals surface area contributed by atoms with Gasteiger partial charge in [-0.1, -0.05) is 43.7 Å². The maximum Gasteiger partial charge on any atom is 0.323 e. The van der Waals surface area contributed by atoms with Crippen LogP contribution >= 0.6 is 0 Å². The largest absolute Gasteiger partial charge is 0.468 e. The molecule has 0 atom stereocenters. The van der Waals surface area contributed by atoms with Crippen molar-refractivity contribution in [1.82, 2.24) is 0 Å². The minimum atomic E-state index is -0.230. The van der Waals surface area contributed by atoms with Gasteiger partial charge in [0.05, 0.1) is 6.61 Å². The van der Waals surface area contributed by atoms with Crippen molar-refractivity contribution in [2.24, 2.45) is 0 Å². The van der Waals surface area contributed by atoms with E-state index < -0.39 is 0 Å². The van der Waals surface area contributed by atoms with Gasteiger partial charge in [0.2, 0.25) is 0 Å². The molecular formula is C20H26N2O3. The molecule has 0 aliphatic carbocycles. The SMILES string of the molecule is CCOC=O.Cc1ccc(NC(=O)Nc2ccc(C(C)C)cc2)cc1. The first-order valence-corrected chi connectivity index (χ1v) is 8.26. The van der Waals surface area contributed by atoms with Crippen LogP contribution in [0.5, 0.6) is 0 Å². The summed E-state index contributed by atoms with van der Waals surface area (Å²) >= 11 is 0. The molecule has 134 valence electrons. The topological polar surface area (TPSA) is 67.4 Å². The number of anilines is 2. The molecule has 25 heavy (non-hydrogen) atoms. The van der Waals surface area contributed by atoms with Crippen molar-refractivity contribution in [2.45, 2.75) is 33.6 Å². The summed E-state index contributed by atoms with van der Waals surface area (Å²) in [4.78, 5) is 21.0. The molecule has 0 bridgehead atoms. The van der Waals surface area contributed by atoms with Gasteiger partial charge in [-0.25, -0.2) is 4.79 Å². The molecule has 0 heterocycles. The van der Waals surface area contributed by atoms with Crippen LogP contribution < -0.4 is 10.6 Å². The number of urea groups is 1. The molecule has 0 aliphatic heterocycles. The summed E-state index contributed by atoms with van der Waals surface area (Å²) in [6, 6.07) is 15.4. The summed E-state index contributed by atoms with van der Waals surface area (Å²) < 4.78 is 4.15. The van der Waals surface area contributed by atoms with E-state index >= 15 is 0 Å². The van der Waals surface area contributed by atoms with Gasteiger partial charge in [0.1, 0.15) is 0 Å². The number of hydrogen-bond donors (Lipinski definition) is 2. The van der Waals surface area contributed by atoms with E-state index in [0.717, 1.165) is 11.4 Å². The van der Waals surface area contributed by atoms with Crippen LogP contribution in [0.15, 0.2) is 48.5 Å². The van der Waals surface area contributed by atoms with E-state index in [1.165, 1.54) is 11.1 Å². The second-order valence-electron chi connectivity index (χ2n) is 5.77. The van der Waals surface area contributed by atoms with Crippen LogP contribution in [0.2, 0.25) is 0 Å². The standard InChI is InChI=1S/C17H20N2O.C3H6O2/c1-12(2)14-6-10-16(11-7-14)19-17(20)18-15-8-4-13(3)5-9-15;1-2-5-3-4/h4-12H,1-3H3,(H2,18,19,20);3H,2H2,1H3. The fourth-order valence-corrected chi connectivity index (χ4v) is 1.95. The van der Waals surface area contributed by atoms with Gasteiger partial charge in [0, 0.05) is 11.4 Å². The number of amides is 2. The van der Waals surface area contributed by atoms with Crippen LogP contribution in [0.4, 0.5) is 16.2 Å². The van der Waals surface area contributed by atoms with Crippen molar-refractivity contribution in [3.63, 3.8) is 0 Å². The summed E-state index contributed by atoms with van der Waals surface area (Å²) in [6.45, 7) is 8.97. The van der Waals surface area contributed by atoms with Crippen molar-refractivity contribution in [3.8, 4) is 0 Å². The van der Waals surface area contributed by atoms with Gasteiger partial charge in [-0.3, -0.25) is 4.79 Å². The molecule has 0 unspecified atom stereocenters. The van der Waals surface area contributed by atoms with Gasteiger partial charge in [-0.2, -0.15) is 0 Å². The summed E-state index contributed by atoms with van der Waals surface area (Å²) in [7, 11) is 0. The van der Waals surface area contributed by atoms with Gasteiger partial charge in [-0.15, -0.1) is 0 Å². The van der Waals surface area contributed by atoms with Crippen LogP contribution in [-0.2, 0) is 9.53 Å². The summed E-state index contributed by atoms with van der Waals surface area (Å²) in [5.41, 5.74) is 4.00. The molecular weight excluding hydrogens is 316 g/mol. The number of nitrogens with one attached hydrogen (secondary N) is 2. The molecule has 2 aromatic rings. The zero-order valence-corrected chi connectivity index (χ0v) is 15.2. The molecule has 5 nitrogen and oxygen atoms in total. The first-order valence-electron chi connectivity index (χ1n) is 8.26. The Labute approximate surface area is 149 Å². The van der Waals surface area contributed by atoms with Gasteiger partial charge < -0.3 is 15.4 Å². The predicted molar refractivity (Wildman–Crippen MR) is 102 cm³/mol. The Kier molecular flexibility index (Phi) is 8.79. The average Bonchev–Trinajstić information content (AvgIpc) is 2.59. The molecule has 0 fully saturated rings. The zero-order valence-electron chi connectivity index (χ0n) is 15.2. The molecule has 2 rings (SSSR count). The lowest BCUT2D eigenvalue weighted by Crippen LogP contribution is -2.19. The van der Waals surface area contributed by atoms with Crippen LogP contribution in [0.25, 0.3) is 0 Å². The zero-order chi connectivity index (χ0) is 18.7. The first kappa shape index (κ1) is 20.2. The quantitative estimate of drug-likeness (QED) is 0.756. The van der Waals surface area contributed by atoms with Crippen molar-refractivity contribution in [1.29, 1.82) is 0 Å². The van der Waals surface area contributed by atoms with Crippen molar-refractivity contribution >= 4 is 23.9 Å². The predicted octanol–water partition coefficient (Wildman–Crippen LogP) is 4.94. The maximum absolute atomic E-state index is 11.9. The summed E-state index contributed by atoms with van der Waals surface area (Å²) in [5, 5.41) is 5.63. The van der Waals surface area contributed by atoms with E-state index in [0.29, 0.717) is 19.0 Å². The lowest BCUT2D eigenvalue weighted by atomic mass is 10.0. The highest BCUT2D eigenvalue weighted by molar-refractivity contribution is 5.99. The minimum absolute atomic E-state index is 0.230. The van der Waals surface area contributed by atoms with E-state index in [9.17, 15) is 9.59 Å². The van der Waals surface area contributed by atoms with E-state index in [1.54, 1.807) is 6.92 Å². The third kappa shape index (κ3) is 8.01. The van der Waals surface area contributed by atoms with Gasteiger partial charge >= 0.3 is 6.03 Å². The Bertz CT molecular complexity index is 650. The van der Waals surface area contributed by atoms with E-state index in [4.69, 9.17) is 0 Å². The van der Waals surface area contributed by atoms with Crippen LogP contribution in [0, 0.1) is 6.92 Å². The molecule has 2 N–H and O–H groups in total. The second kappa shape index (κ2) is 10.9. The highest BCUT2D eigenvalue weighted by atomic mass is 16.5. The highest BCUT2D eigenvalue weighted by Crippen LogP contribution is 2.17. The number of aryl methyl sites for hydroxylation is 1. The highest BCUT2D eigenvalue weighted by Gasteiger charge is 2.03. The Balaban J connectivity index is 0.000000550. The maximum atomic E-state index is 11.9. The molecule has 5 heteroatoms. The van der Waals surface area contributed by atoms with E-state index in [1.807, 2.05) is 55.5 Å². The van der Waals surface area contributed by atoms with Crippen molar-refractivity contribution in [3.05, 3.63) is 59.7 Å². The van der Waals surface area contributed by atoms with Gasteiger partial charge in [0.15, 0.2) is 0 Å². The molecule has 2 aromatic carbocycles. The normalized spacial score (nSPS) is 9.64. The molecule has 0 aliphatic rings. The number of ether oxygens (including phenoxy) is 1. The van der Waals surface area contributed by atoms with Crippen molar-refractivity contribution < 1.29 is 14.3 Å². The third-order valence-electron chi connectivity index (χ3n) is 3.38. The molecule has 0 spiro atoms. The second-order valence-corrected chi connectivity index (χ2v) is 5.77. The molecule has 0 aromatic heterocycles. The molecule has 0 radical (unpaired) electrons. The monoisotopic (exact) mass is 342 g/mol. The Morgan fingerprint density at radius 1 is 1.00 bits per heavy atom. The Morgan fingerprint density at radius 3 is 1.84 bits per heavy atom. The number of hydrogen-bond acceptors (Lipinski definition) is 3. The number of carbonyl (C=O) groups is 2. The summed E-state index contributed by atoms with van der Waals surface area (Å²) in [6.07, 6.45) is 0. The lowest BCUT2D eigenvalue weighted by molar-refractivity contribution is -0.128. The fraction of sp³-hybridized carbons (Fsp3) is 0.300. The molecule has 0 saturated carbocycles. The average molecular weight is 342 g/mol. The van der Waals surface area contributed by atoms with Crippen LogP contribution in [-0.4, -0.2) is 19.1 Å². The minimum Gasteiger partial charge on any atom is -0.468 e. The summed E-state index contributed by atoms with van der Waals surface area (Å²) in [5.74, 6) is 0.491. The van der Waals surface area contributed by atoms with Gasteiger partial charge in [0.25, 0.3) is 6.47 Å². The molecule has 2 amide bonds. The molecule has 0 saturated heterocycles. The van der Waals surface area contributed by atoms with E-state index in [-0.39, 0.29) is 6.03 Å². The Hall–Kier alpha value is -2.82. The van der Waals surface area contributed by atoms with Crippen LogP contribution in [0.3, 0.4) is 0 Å². The number of carbonyl (C=O) groups excluding carboxylic acids is 2. The van der Waals surface area contributed by atoms with Crippen LogP contribution in [0.1, 0.15) is 37.8 Å². The first-order chi connectivity index (χ1) is 12.0. The lowest BCUT2D eigenvalue weighted by Gasteiger charge is -2.09. The number of rotatable bonds is 5. The van der Waals surface area contributed by atoms with Crippen molar-refractivity contribution in [2.75, 3.05) is 17.2 Å². The fourth-order valence-electron chi connectivity index (χ4n) is 1.95. The Morgan fingerprint density at radius 2 is 1.48 bits per heavy atom. The smallest absolute Gasteiger partial charge is 0.323 e. The third-order valence-corrected chi connectivity index (χ3v) is 3.38. The number of benzene rings is 2. The van der Waals surface area contributed by atoms with E-state index in [2.05, 4.69) is 29.2 Å². The van der Waals surface area contributed by atoms with Gasteiger partial charge in [-0.05, 0) is 49.6 Å².